The summed E-state index contributed by atoms with van der Waals surface area (Å²) in [7, 11) is -3.19. The van der Waals surface area contributed by atoms with Crippen LogP contribution < -0.4 is 9.47 Å². The molecule has 1 saturated heterocycles. The molecule has 0 unspecified atom stereocenters. The van der Waals surface area contributed by atoms with Crippen LogP contribution in [0, 0.1) is 0 Å². The number of aliphatic hydroxyl groups is 1. The van der Waals surface area contributed by atoms with E-state index in [1.165, 1.54) is 4.31 Å². The maximum atomic E-state index is 11.9. The van der Waals surface area contributed by atoms with Crippen LogP contribution in [-0.2, 0) is 15.6 Å². The van der Waals surface area contributed by atoms with Gasteiger partial charge in [-0.3, -0.25) is 0 Å². The highest BCUT2D eigenvalue weighted by Crippen LogP contribution is 2.39. The standard InChI is InChI=1S/C14H19NO5S/c1-2-21(17,18)15-7-5-14(16,6-8-15)11-3-4-12-13(9-11)20-10-19-12/h3-4,9,16H,2,5-8,10H2,1H3. The molecule has 7 heteroatoms. The van der Waals surface area contributed by atoms with Crippen molar-refractivity contribution in [2.45, 2.75) is 25.4 Å². The molecule has 1 aromatic carbocycles. The molecule has 1 N–H and O–H groups in total. The maximum absolute atomic E-state index is 11.9. The van der Waals surface area contributed by atoms with Crippen molar-refractivity contribution < 1.29 is 23.0 Å². The van der Waals surface area contributed by atoms with E-state index in [0.29, 0.717) is 37.4 Å². The lowest BCUT2D eigenvalue weighted by molar-refractivity contribution is -0.00972. The Balaban J connectivity index is 1.78. The fourth-order valence-electron chi connectivity index (χ4n) is 2.79. The summed E-state index contributed by atoms with van der Waals surface area (Å²) in [6.45, 7) is 2.50. The molecule has 6 nitrogen and oxygen atoms in total. The second-order valence-electron chi connectivity index (χ2n) is 5.40. The first kappa shape index (κ1) is 14.6. The SMILES string of the molecule is CCS(=O)(=O)N1CCC(O)(c2ccc3c(c2)OCO3)CC1. The van der Waals surface area contributed by atoms with Gasteiger partial charge in [-0.05, 0) is 37.5 Å². The maximum Gasteiger partial charge on any atom is 0.231 e. The van der Waals surface area contributed by atoms with Gasteiger partial charge in [0.25, 0.3) is 0 Å². The number of hydrogen-bond donors (Lipinski definition) is 1. The summed E-state index contributed by atoms with van der Waals surface area (Å²) < 4.78 is 35.8. The minimum absolute atomic E-state index is 0.0927. The highest BCUT2D eigenvalue weighted by molar-refractivity contribution is 7.89. The minimum atomic E-state index is -3.19. The highest BCUT2D eigenvalue weighted by atomic mass is 32.2. The summed E-state index contributed by atoms with van der Waals surface area (Å²) in [6.07, 6.45) is 0.762. The van der Waals surface area contributed by atoms with Crippen molar-refractivity contribution in [3.05, 3.63) is 23.8 Å². The molecule has 2 aliphatic heterocycles. The topological polar surface area (TPSA) is 76.1 Å². The zero-order valence-electron chi connectivity index (χ0n) is 11.9. The second-order valence-corrected chi connectivity index (χ2v) is 7.66. The lowest BCUT2D eigenvalue weighted by atomic mass is 9.85. The molecule has 1 fully saturated rings. The van der Waals surface area contributed by atoms with Crippen molar-refractivity contribution in [2.75, 3.05) is 25.6 Å². The predicted molar refractivity (Wildman–Crippen MR) is 76.7 cm³/mol. The van der Waals surface area contributed by atoms with Crippen LogP contribution in [0.5, 0.6) is 11.5 Å². The van der Waals surface area contributed by atoms with Gasteiger partial charge >= 0.3 is 0 Å². The molecule has 2 aliphatic rings. The molecule has 0 atom stereocenters. The van der Waals surface area contributed by atoms with Gasteiger partial charge in [0.1, 0.15) is 0 Å². The van der Waals surface area contributed by atoms with Crippen LogP contribution in [0.3, 0.4) is 0 Å². The molecule has 0 aromatic heterocycles. The van der Waals surface area contributed by atoms with Gasteiger partial charge in [-0.1, -0.05) is 6.07 Å². The van der Waals surface area contributed by atoms with Crippen molar-refractivity contribution in [3.8, 4) is 11.5 Å². The first-order valence-electron chi connectivity index (χ1n) is 7.05. The van der Waals surface area contributed by atoms with E-state index in [2.05, 4.69) is 0 Å². The van der Waals surface area contributed by atoms with Crippen LogP contribution >= 0.6 is 0 Å². The molecule has 0 bridgehead atoms. The van der Waals surface area contributed by atoms with Crippen LogP contribution in [0.1, 0.15) is 25.3 Å². The second kappa shape index (κ2) is 5.15. The highest BCUT2D eigenvalue weighted by Gasteiger charge is 2.37. The Labute approximate surface area is 124 Å². The van der Waals surface area contributed by atoms with Gasteiger partial charge in [0, 0.05) is 13.1 Å². The Hall–Kier alpha value is -1.31. The van der Waals surface area contributed by atoms with E-state index in [0.717, 1.165) is 5.56 Å². The van der Waals surface area contributed by atoms with Crippen molar-refractivity contribution in [1.29, 1.82) is 0 Å². The number of hydrogen-bond acceptors (Lipinski definition) is 5. The van der Waals surface area contributed by atoms with Gasteiger partial charge in [-0.25, -0.2) is 12.7 Å². The lowest BCUT2D eigenvalue weighted by Gasteiger charge is -2.37. The Morgan fingerprint density at radius 3 is 2.57 bits per heavy atom. The normalized spacial score (nSPS) is 21.4. The fourth-order valence-corrected chi connectivity index (χ4v) is 3.90. The van der Waals surface area contributed by atoms with Gasteiger partial charge in [-0.2, -0.15) is 0 Å². The quantitative estimate of drug-likeness (QED) is 0.902. The molecule has 21 heavy (non-hydrogen) atoms. The van der Waals surface area contributed by atoms with E-state index in [1.807, 2.05) is 6.07 Å². The molecule has 1 aromatic rings. The number of benzene rings is 1. The zero-order valence-corrected chi connectivity index (χ0v) is 12.7. The van der Waals surface area contributed by atoms with Gasteiger partial charge in [0.15, 0.2) is 11.5 Å². The van der Waals surface area contributed by atoms with Crippen molar-refractivity contribution >= 4 is 10.0 Å². The molecule has 0 radical (unpaired) electrons. The Morgan fingerprint density at radius 2 is 1.90 bits per heavy atom. The zero-order chi connectivity index (χ0) is 15.1. The largest absolute Gasteiger partial charge is 0.454 e. The van der Waals surface area contributed by atoms with E-state index < -0.39 is 15.6 Å². The average Bonchev–Trinajstić information content (AvgIpc) is 2.95. The lowest BCUT2D eigenvalue weighted by Crippen LogP contribution is -2.45. The van der Waals surface area contributed by atoms with Gasteiger partial charge < -0.3 is 14.6 Å². The number of nitrogens with zero attached hydrogens (tertiary/aromatic N) is 1. The third-order valence-corrected chi connectivity index (χ3v) is 6.10. The molecule has 3 rings (SSSR count). The smallest absolute Gasteiger partial charge is 0.231 e. The summed E-state index contributed by atoms with van der Waals surface area (Å²) >= 11 is 0. The number of sulfonamides is 1. The van der Waals surface area contributed by atoms with E-state index in [1.54, 1.807) is 19.1 Å². The molecular formula is C14H19NO5S. The van der Waals surface area contributed by atoms with Gasteiger partial charge in [-0.15, -0.1) is 0 Å². The number of ether oxygens (including phenoxy) is 2. The van der Waals surface area contributed by atoms with Crippen molar-refractivity contribution in [1.82, 2.24) is 4.31 Å². The molecule has 0 saturated carbocycles. The molecule has 2 heterocycles. The van der Waals surface area contributed by atoms with E-state index in [4.69, 9.17) is 9.47 Å². The summed E-state index contributed by atoms with van der Waals surface area (Å²) in [5.74, 6) is 1.40. The molecule has 0 amide bonds. The summed E-state index contributed by atoms with van der Waals surface area (Å²) in [4.78, 5) is 0. The molecular weight excluding hydrogens is 294 g/mol. The van der Waals surface area contributed by atoms with Crippen LogP contribution in [0.4, 0.5) is 0 Å². The van der Waals surface area contributed by atoms with E-state index in [9.17, 15) is 13.5 Å². The molecule has 0 spiro atoms. The average molecular weight is 313 g/mol. The first-order chi connectivity index (χ1) is 9.94. The molecule has 116 valence electrons. The van der Waals surface area contributed by atoms with Crippen molar-refractivity contribution in [3.63, 3.8) is 0 Å². The summed E-state index contributed by atoms with van der Waals surface area (Å²) in [6, 6.07) is 5.38. The van der Waals surface area contributed by atoms with Gasteiger partial charge in [0.05, 0.1) is 11.4 Å². The Bertz CT molecular complexity index is 635. The Kier molecular flexibility index (Phi) is 3.59. The Morgan fingerprint density at radius 1 is 1.24 bits per heavy atom. The number of rotatable bonds is 3. The van der Waals surface area contributed by atoms with E-state index >= 15 is 0 Å². The van der Waals surface area contributed by atoms with Crippen LogP contribution in [-0.4, -0.2) is 43.5 Å². The van der Waals surface area contributed by atoms with Crippen LogP contribution in [0.25, 0.3) is 0 Å². The summed E-state index contributed by atoms with van der Waals surface area (Å²) in [5, 5.41) is 10.8. The third kappa shape index (κ3) is 2.61. The van der Waals surface area contributed by atoms with Gasteiger partial charge in [0.2, 0.25) is 16.8 Å². The first-order valence-corrected chi connectivity index (χ1v) is 8.66. The third-order valence-electron chi connectivity index (χ3n) is 4.22. The van der Waals surface area contributed by atoms with E-state index in [-0.39, 0.29) is 12.5 Å². The van der Waals surface area contributed by atoms with Crippen LogP contribution in [0.15, 0.2) is 18.2 Å². The predicted octanol–water partition coefficient (Wildman–Crippen LogP) is 1.05. The monoisotopic (exact) mass is 313 g/mol. The number of fused-ring (bicyclic) bond motifs is 1. The fraction of sp³-hybridized carbons (Fsp3) is 0.571. The van der Waals surface area contributed by atoms with Crippen LogP contribution in [0.2, 0.25) is 0 Å². The number of piperidine rings is 1. The summed E-state index contributed by atoms with van der Waals surface area (Å²) in [5.41, 5.74) is -0.263. The molecule has 0 aliphatic carbocycles. The minimum Gasteiger partial charge on any atom is -0.454 e. The van der Waals surface area contributed by atoms with Crippen molar-refractivity contribution in [2.24, 2.45) is 0 Å².